The lowest BCUT2D eigenvalue weighted by Gasteiger charge is -2.09. The van der Waals surface area contributed by atoms with E-state index in [-0.39, 0.29) is 23.3 Å². The number of aromatic amines is 1. The molecule has 1 unspecified atom stereocenters. The molecule has 0 bridgehead atoms. The molecule has 1 saturated heterocycles. The summed E-state index contributed by atoms with van der Waals surface area (Å²) in [6.45, 7) is 1.38. The number of ether oxygens (including phenoxy) is 1. The highest BCUT2D eigenvalue weighted by Gasteiger charge is 2.15. The van der Waals surface area contributed by atoms with Crippen molar-refractivity contribution < 1.29 is 9.53 Å². The van der Waals surface area contributed by atoms with Crippen LogP contribution in [0.1, 0.15) is 29.8 Å². The summed E-state index contributed by atoms with van der Waals surface area (Å²) in [7, 11) is 0. The molecule has 1 aromatic rings. The van der Waals surface area contributed by atoms with Gasteiger partial charge in [-0.05, 0) is 25.3 Å². The summed E-state index contributed by atoms with van der Waals surface area (Å²) in [5.41, 5.74) is -0.0992. The summed E-state index contributed by atoms with van der Waals surface area (Å²) in [5.74, 6) is -0.278. The van der Waals surface area contributed by atoms with Gasteiger partial charge in [0.2, 0.25) is 0 Å². The third-order valence-electron chi connectivity index (χ3n) is 2.69. The summed E-state index contributed by atoms with van der Waals surface area (Å²) in [5, 5.41) is 8.61. The summed E-state index contributed by atoms with van der Waals surface area (Å²) in [6, 6.07) is 2.68. The number of carbonyl (C=O) groups excluding carboxylic acids is 1. The van der Waals surface area contributed by atoms with Crippen LogP contribution in [0, 0.1) is 0 Å². The molecule has 0 aliphatic carbocycles. The Balaban J connectivity index is 1.76. The van der Waals surface area contributed by atoms with Gasteiger partial charge in [0, 0.05) is 19.2 Å². The first kappa shape index (κ1) is 11.8. The van der Waals surface area contributed by atoms with Crippen molar-refractivity contribution in [2.45, 2.75) is 25.4 Å². The van der Waals surface area contributed by atoms with Crippen LogP contribution >= 0.6 is 0 Å². The number of nitrogens with zero attached hydrogens (tertiary/aromatic N) is 1. The maximum Gasteiger partial charge on any atom is 0.271 e. The average molecular weight is 237 g/mol. The summed E-state index contributed by atoms with van der Waals surface area (Å²) in [6.07, 6.45) is 3.24. The van der Waals surface area contributed by atoms with Crippen LogP contribution in [-0.4, -0.2) is 35.4 Å². The fourth-order valence-corrected chi connectivity index (χ4v) is 1.78. The van der Waals surface area contributed by atoms with Gasteiger partial charge in [0.05, 0.1) is 6.10 Å². The highest BCUT2D eigenvalue weighted by molar-refractivity contribution is 5.91. The van der Waals surface area contributed by atoms with E-state index in [0.29, 0.717) is 6.54 Å². The highest BCUT2D eigenvalue weighted by atomic mass is 16.5. The molecule has 0 saturated carbocycles. The predicted molar refractivity (Wildman–Crippen MR) is 60.8 cm³/mol. The molecule has 2 rings (SSSR count). The Labute approximate surface area is 98.4 Å². The van der Waals surface area contributed by atoms with Crippen LogP contribution in [0.15, 0.2) is 16.9 Å². The maximum atomic E-state index is 11.6. The van der Waals surface area contributed by atoms with Gasteiger partial charge in [-0.25, -0.2) is 5.10 Å². The molecule has 1 atom stereocenters. The predicted octanol–water partition coefficient (Wildman–Crippen LogP) is 0.0688. The first-order chi connectivity index (χ1) is 8.25. The average Bonchev–Trinajstić information content (AvgIpc) is 2.83. The molecule has 1 aliphatic heterocycles. The fraction of sp³-hybridized carbons (Fsp3) is 0.545. The SMILES string of the molecule is O=C(NCCC1CCCO1)c1ccc(=O)[nH]n1. The van der Waals surface area contributed by atoms with E-state index in [0.717, 1.165) is 25.9 Å². The van der Waals surface area contributed by atoms with Gasteiger partial charge < -0.3 is 10.1 Å². The first-order valence-electron chi connectivity index (χ1n) is 5.71. The van der Waals surface area contributed by atoms with Crippen LogP contribution in [-0.2, 0) is 4.74 Å². The Morgan fingerprint density at radius 1 is 1.59 bits per heavy atom. The molecular weight excluding hydrogens is 222 g/mol. The van der Waals surface area contributed by atoms with Crippen molar-refractivity contribution in [2.75, 3.05) is 13.2 Å². The van der Waals surface area contributed by atoms with Crippen LogP contribution in [0.25, 0.3) is 0 Å². The van der Waals surface area contributed by atoms with Gasteiger partial charge in [0.15, 0.2) is 0 Å². The van der Waals surface area contributed by atoms with Gasteiger partial charge in [0.25, 0.3) is 11.5 Å². The number of carbonyl (C=O) groups is 1. The zero-order valence-corrected chi connectivity index (χ0v) is 9.44. The molecule has 1 fully saturated rings. The smallest absolute Gasteiger partial charge is 0.271 e. The minimum absolute atomic E-state index is 0.219. The summed E-state index contributed by atoms with van der Waals surface area (Å²) in [4.78, 5) is 22.4. The molecule has 1 amide bonds. The van der Waals surface area contributed by atoms with Crippen molar-refractivity contribution >= 4 is 5.91 Å². The maximum absolute atomic E-state index is 11.6. The van der Waals surface area contributed by atoms with Crippen molar-refractivity contribution in [1.82, 2.24) is 15.5 Å². The molecule has 0 spiro atoms. The van der Waals surface area contributed by atoms with E-state index in [1.54, 1.807) is 0 Å². The van der Waals surface area contributed by atoms with Crippen molar-refractivity contribution in [3.05, 3.63) is 28.2 Å². The van der Waals surface area contributed by atoms with E-state index in [2.05, 4.69) is 15.5 Å². The van der Waals surface area contributed by atoms with Gasteiger partial charge in [-0.3, -0.25) is 9.59 Å². The Morgan fingerprint density at radius 3 is 3.12 bits per heavy atom. The number of hydrogen-bond acceptors (Lipinski definition) is 4. The van der Waals surface area contributed by atoms with Gasteiger partial charge in [-0.15, -0.1) is 0 Å². The highest BCUT2D eigenvalue weighted by Crippen LogP contribution is 2.14. The monoisotopic (exact) mass is 237 g/mol. The Kier molecular flexibility index (Phi) is 3.87. The molecule has 0 radical (unpaired) electrons. The zero-order valence-electron chi connectivity index (χ0n) is 9.44. The fourth-order valence-electron chi connectivity index (χ4n) is 1.78. The van der Waals surface area contributed by atoms with Crippen molar-refractivity contribution in [3.63, 3.8) is 0 Å². The largest absolute Gasteiger partial charge is 0.378 e. The molecular formula is C11H15N3O3. The van der Waals surface area contributed by atoms with Crippen LogP contribution in [0.5, 0.6) is 0 Å². The minimum atomic E-state index is -0.319. The Morgan fingerprint density at radius 2 is 2.47 bits per heavy atom. The molecule has 6 nitrogen and oxygen atoms in total. The molecule has 1 aromatic heterocycles. The topological polar surface area (TPSA) is 84.1 Å². The standard InChI is InChI=1S/C11H15N3O3/c15-10-4-3-9(13-14-10)11(16)12-6-5-8-2-1-7-17-8/h3-4,8H,1-2,5-7H2,(H,12,16)(H,14,15). The Bertz CT molecular complexity index is 417. The lowest BCUT2D eigenvalue weighted by molar-refractivity contribution is 0.0902. The quantitative estimate of drug-likeness (QED) is 0.776. The number of hydrogen-bond donors (Lipinski definition) is 2. The van der Waals surface area contributed by atoms with Crippen LogP contribution in [0.3, 0.4) is 0 Å². The van der Waals surface area contributed by atoms with E-state index in [1.807, 2.05) is 0 Å². The van der Waals surface area contributed by atoms with Gasteiger partial charge in [0.1, 0.15) is 5.69 Å². The third-order valence-corrected chi connectivity index (χ3v) is 2.69. The van der Waals surface area contributed by atoms with E-state index in [4.69, 9.17) is 4.74 Å². The second kappa shape index (κ2) is 5.58. The second-order valence-corrected chi connectivity index (χ2v) is 3.99. The number of amides is 1. The summed E-state index contributed by atoms with van der Waals surface area (Å²) >= 11 is 0. The zero-order chi connectivity index (χ0) is 12.1. The van der Waals surface area contributed by atoms with Gasteiger partial charge >= 0.3 is 0 Å². The van der Waals surface area contributed by atoms with E-state index < -0.39 is 0 Å². The molecule has 2 N–H and O–H groups in total. The van der Waals surface area contributed by atoms with Gasteiger partial charge in [-0.1, -0.05) is 0 Å². The molecule has 17 heavy (non-hydrogen) atoms. The van der Waals surface area contributed by atoms with E-state index in [1.165, 1.54) is 12.1 Å². The van der Waals surface area contributed by atoms with Crippen molar-refractivity contribution in [2.24, 2.45) is 0 Å². The molecule has 0 aromatic carbocycles. The minimum Gasteiger partial charge on any atom is -0.378 e. The molecule has 1 aliphatic rings. The van der Waals surface area contributed by atoms with E-state index >= 15 is 0 Å². The van der Waals surface area contributed by atoms with Crippen molar-refractivity contribution in [1.29, 1.82) is 0 Å². The van der Waals surface area contributed by atoms with E-state index in [9.17, 15) is 9.59 Å². The van der Waals surface area contributed by atoms with Gasteiger partial charge in [-0.2, -0.15) is 5.10 Å². The lowest BCUT2D eigenvalue weighted by Crippen LogP contribution is -2.28. The number of nitrogens with one attached hydrogen (secondary N) is 2. The molecule has 6 heteroatoms. The normalized spacial score (nSPS) is 19.2. The number of aromatic nitrogens is 2. The molecule has 92 valence electrons. The van der Waals surface area contributed by atoms with Crippen LogP contribution in [0.2, 0.25) is 0 Å². The Hall–Kier alpha value is -1.69. The summed E-state index contributed by atoms with van der Waals surface area (Å²) < 4.78 is 5.44. The third kappa shape index (κ3) is 3.39. The van der Waals surface area contributed by atoms with Crippen molar-refractivity contribution in [3.8, 4) is 0 Å². The number of H-pyrrole nitrogens is 1. The first-order valence-corrected chi connectivity index (χ1v) is 5.71. The second-order valence-electron chi connectivity index (χ2n) is 3.99. The van der Waals surface area contributed by atoms with Crippen LogP contribution in [0.4, 0.5) is 0 Å². The number of rotatable bonds is 4. The lowest BCUT2D eigenvalue weighted by atomic mass is 10.2. The van der Waals surface area contributed by atoms with Crippen LogP contribution < -0.4 is 10.9 Å². The molecule has 2 heterocycles.